The van der Waals surface area contributed by atoms with Gasteiger partial charge in [-0.3, -0.25) is 0 Å². The minimum atomic E-state index is -0.00383. The predicted octanol–water partition coefficient (Wildman–Crippen LogP) is 2.80. The Balaban J connectivity index is 2.78. The van der Waals surface area contributed by atoms with E-state index < -0.39 is 0 Å². The van der Waals surface area contributed by atoms with E-state index in [0.29, 0.717) is 5.88 Å². The van der Waals surface area contributed by atoms with Gasteiger partial charge in [0.15, 0.2) is 0 Å². The summed E-state index contributed by atoms with van der Waals surface area (Å²) in [6.07, 6.45) is 0.938. The van der Waals surface area contributed by atoms with Crippen LogP contribution in [0.2, 0.25) is 0 Å². The number of halogens is 1. The number of likely N-dealkylation sites (N-methyl/N-ethyl adjacent to an activating group) is 1. The predicted molar refractivity (Wildman–Crippen MR) is 69.5 cm³/mol. The quantitative estimate of drug-likeness (QED) is 0.735. The smallest absolute Gasteiger partial charge is 0.118 e. The van der Waals surface area contributed by atoms with Gasteiger partial charge in [-0.25, -0.2) is 0 Å². The van der Waals surface area contributed by atoms with E-state index in [1.54, 1.807) is 7.11 Å². The molecule has 1 atom stereocenters. The van der Waals surface area contributed by atoms with Gasteiger partial charge in [-0.05, 0) is 45.1 Å². The van der Waals surface area contributed by atoms with Gasteiger partial charge in [0.2, 0.25) is 0 Å². The molecule has 0 saturated heterocycles. The topological polar surface area (TPSA) is 12.5 Å². The van der Waals surface area contributed by atoms with Crippen LogP contribution in [0.3, 0.4) is 0 Å². The molecule has 0 aliphatic heterocycles. The lowest BCUT2D eigenvalue weighted by Gasteiger charge is -2.34. The van der Waals surface area contributed by atoms with E-state index >= 15 is 0 Å². The Morgan fingerprint density at radius 1 is 1.25 bits per heavy atom. The second-order valence-electron chi connectivity index (χ2n) is 4.55. The Labute approximate surface area is 103 Å². The molecule has 0 aliphatic carbocycles. The first-order chi connectivity index (χ1) is 7.51. The van der Waals surface area contributed by atoms with E-state index in [1.807, 2.05) is 12.1 Å². The molecular weight excluding hydrogens is 222 g/mol. The molecule has 90 valence electrons. The average Bonchev–Trinajstić information content (AvgIpc) is 2.29. The minimum absolute atomic E-state index is 0.00383. The second kappa shape index (κ2) is 5.55. The van der Waals surface area contributed by atoms with Crippen molar-refractivity contribution in [3.63, 3.8) is 0 Å². The summed E-state index contributed by atoms with van der Waals surface area (Å²) in [5.41, 5.74) is 1.27. The third-order valence-electron chi connectivity index (χ3n) is 3.11. The maximum atomic E-state index is 6.05. The Kier molecular flexibility index (Phi) is 4.63. The zero-order valence-corrected chi connectivity index (χ0v) is 11.2. The number of nitrogens with zero attached hydrogens (tertiary/aromatic N) is 1. The van der Waals surface area contributed by atoms with Crippen molar-refractivity contribution in [2.45, 2.75) is 18.9 Å². The summed E-state index contributed by atoms with van der Waals surface area (Å²) in [5, 5.41) is 0. The van der Waals surface area contributed by atoms with Crippen molar-refractivity contribution in [2.24, 2.45) is 0 Å². The van der Waals surface area contributed by atoms with Gasteiger partial charge in [-0.1, -0.05) is 12.1 Å². The molecule has 0 amide bonds. The van der Waals surface area contributed by atoms with Gasteiger partial charge >= 0.3 is 0 Å². The van der Waals surface area contributed by atoms with Gasteiger partial charge in [-0.15, -0.1) is 11.6 Å². The molecule has 1 aromatic carbocycles. The van der Waals surface area contributed by atoms with E-state index in [0.717, 1.165) is 12.2 Å². The van der Waals surface area contributed by atoms with Crippen LogP contribution in [0.15, 0.2) is 24.3 Å². The van der Waals surface area contributed by atoms with Crippen LogP contribution in [0.1, 0.15) is 12.5 Å². The van der Waals surface area contributed by atoms with Crippen LogP contribution in [0.25, 0.3) is 0 Å². The highest BCUT2D eigenvalue weighted by Crippen LogP contribution is 2.21. The molecule has 0 aromatic heterocycles. The molecule has 0 spiro atoms. The van der Waals surface area contributed by atoms with E-state index in [2.05, 4.69) is 38.1 Å². The van der Waals surface area contributed by atoms with Gasteiger partial charge in [0.1, 0.15) is 5.75 Å². The van der Waals surface area contributed by atoms with Crippen molar-refractivity contribution in [3.05, 3.63) is 29.8 Å². The standard InChI is InChI=1S/C13H20ClNO/c1-13(10-14,15(2)3)9-11-5-7-12(16-4)8-6-11/h5-8H,9-10H2,1-4H3. The third kappa shape index (κ3) is 3.13. The summed E-state index contributed by atoms with van der Waals surface area (Å²) in [6, 6.07) is 8.15. The summed E-state index contributed by atoms with van der Waals surface area (Å²) >= 11 is 6.05. The lowest BCUT2D eigenvalue weighted by molar-refractivity contribution is 0.199. The van der Waals surface area contributed by atoms with Crippen LogP contribution in [-0.4, -0.2) is 37.5 Å². The maximum absolute atomic E-state index is 6.05. The molecule has 1 unspecified atom stereocenters. The van der Waals surface area contributed by atoms with Crippen molar-refractivity contribution >= 4 is 11.6 Å². The zero-order chi connectivity index (χ0) is 12.2. The SMILES string of the molecule is COc1ccc(CC(C)(CCl)N(C)C)cc1. The van der Waals surface area contributed by atoms with Crippen molar-refractivity contribution in [2.75, 3.05) is 27.1 Å². The molecule has 0 fully saturated rings. The largest absolute Gasteiger partial charge is 0.497 e. The van der Waals surface area contributed by atoms with Crippen LogP contribution in [-0.2, 0) is 6.42 Å². The molecule has 0 aliphatic rings. The molecular formula is C13H20ClNO. The van der Waals surface area contributed by atoms with Gasteiger partial charge in [0, 0.05) is 11.4 Å². The van der Waals surface area contributed by atoms with E-state index in [9.17, 15) is 0 Å². The number of hydrogen-bond donors (Lipinski definition) is 0. The van der Waals surface area contributed by atoms with Crippen LogP contribution in [0.4, 0.5) is 0 Å². The minimum Gasteiger partial charge on any atom is -0.497 e. The number of rotatable bonds is 5. The van der Waals surface area contributed by atoms with Gasteiger partial charge in [0.05, 0.1) is 7.11 Å². The van der Waals surface area contributed by atoms with E-state index in [1.165, 1.54) is 5.56 Å². The lowest BCUT2D eigenvalue weighted by atomic mass is 9.93. The van der Waals surface area contributed by atoms with Crippen LogP contribution < -0.4 is 4.74 Å². The molecule has 1 aromatic rings. The van der Waals surface area contributed by atoms with Crippen molar-refractivity contribution < 1.29 is 4.74 Å². The van der Waals surface area contributed by atoms with Crippen LogP contribution in [0, 0.1) is 0 Å². The molecule has 0 saturated carbocycles. The molecule has 0 heterocycles. The Morgan fingerprint density at radius 2 is 1.81 bits per heavy atom. The maximum Gasteiger partial charge on any atom is 0.118 e. The molecule has 3 heteroatoms. The Bertz CT molecular complexity index is 323. The second-order valence-corrected chi connectivity index (χ2v) is 4.82. The van der Waals surface area contributed by atoms with Crippen molar-refractivity contribution in [1.29, 1.82) is 0 Å². The molecule has 16 heavy (non-hydrogen) atoms. The average molecular weight is 242 g/mol. The number of methoxy groups -OCH3 is 1. The fourth-order valence-electron chi connectivity index (χ4n) is 1.51. The highest BCUT2D eigenvalue weighted by molar-refractivity contribution is 6.18. The summed E-state index contributed by atoms with van der Waals surface area (Å²) in [7, 11) is 5.80. The number of alkyl halides is 1. The summed E-state index contributed by atoms with van der Waals surface area (Å²) in [6.45, 7) is 2.17. The molecule has 0 radical (unpaired) electrons. The normalized spacial score (nSPS) is 14.9. The lowest BCUT2D eigenvalue weighted by Crippen LogP contribution is -2.45. The third-order valence-corrected chi connectivity index (χ3v) is 3.69. The summed E-state index contributed by atoms with van der Waals surface area (Å²) in [4.78, 5) is 2.17. The summed E-state index contributed by atoms with van der Waals surface area (Å²) < 4.78 is 5.14. The fraction of sp³-hybridized carbons (Fsp3) is 0.538. The van der Waals surface area contributed by atoms with E-state index in [-0.39, 0.29) is 5.54 Å². The van der Waals surface area contributed by atoms with Crippen LogP contribution >= 0.6 is 11.6 Å². The highest BCUT2D eigenvalue weighted by atomic mass is 35.5. The number of ether oxygens (including phenoxy) is 1. The molecule has 0 bridgehead atoms. The Hall–Kier alpha value is -0.730. The molecule has 1 rings (SSSR count). The molecule has 0 N–H and O–H groups in total. The summed E-state index contributed by atoms with van der Waals surface area (Å²) in [5.74, 6) is 1.51. The first kappa shape index (κ1) is 13.3. The Morgan fingerprint density at radius 3 is 2.19 bits per heavy atom. The highest BCUT2D eigenvalue weighted by Gasteiger charge is 2.25. The van der Waals surface area contributed by atoms with Gasteiger partial charge < -0.3 is 9.64 Å². The first-order valence-corrected chi connectivity index (χ1v) is 5.91. The zero-order valence-electron chi connectivity index (χ0n) is 10.5. The van der Waals surface area contributed by atoms with Gasteiger partial charge in [-0.2, -0.15) is 0 Å². The van der Waals surface area contributed by atoms with E-state index in [4.69, 9.17) is 16.3 Å². The van der Waals surface area contributed by atoms with Crippen LogP contribution in [0.5, 0.6) is 5.75 Å². The first-order valence-electron chi connectivity index (χ1n) is 5.38. The van der Waals surface area contributed by atoms with Crippen molar-refractivity contribution in [1.82, 2.24) is 4.90 Å². The van der Waals surface area contributed by atoms with Crippen molar-refractivity contribution in [3.8, 4) is 5.75 Å². The number of hydrogen-bond acceptors (Lipinski definition) is 2. The number of benzene rings is 1. The van der Waals surface area contributed by atoms with Gasteiger partial charge in [0.25, 0.3) is 0 Å². The fourth-order valence-corrected chi connectivity index (χ4v) is 1.84. The molecule has 2 nitrogen and oxygen atoms in total. The monoisotopic (exact) mass is 241 g/mol.